The quantitative estimate of drug-likeness (QED) is 0.680. The Labute approximate surface area is 133 Å². The molecule has 0 unspecified atom stereocenters. The minimum Gasteiger partial charge on any atom is -0.303 e. The average molecular weight is 292 g/mol. The molecule has 22 heavy (non-hydrogen) atoms. The number of carbonyl (C=O) groups excluding carboxylic acids is 1. The number of hydrogen-bond acceptors (Lipinski definition) is 1. The summed E-state index contributed by atoms with van der Waals surface area (Å²) in [6.07, 6.45) is 5.23. The lowest BCUT2D eigenvalue weighted by Crippen LogP contribution is -2.45. The smallest absolute Gasteiger partial charge is 0.120 e. The van der Waals surface area contributed by atoms with Crippen molar-refractivity contribution in [2.24, 2.45) is 17.3 Å². The van der Waals surface area contributed by atoms with Gasteiger partial charge in [0.25, 0.3) is 0 Å². The maximum absolute atomic E-state index is 10.8. The molecular formula is C21H24O. The maximum atomic E-state index is 10.8. The fourth-order valence-electron chi connectivity index (χ4n) is 3.97. The van der Waals surface area contributed by atoms with Gasteiger partial charge in [-0.2, -0.15) is 0 Å². The van der Waals surface area contributed by atoms with Crippen molar-refractivity contribution >= 4 is 23.1 Å². The Balaban J connectivity index is 1.83. The summed E-state index contributed by atoms with van der Waals surface area (Å²) in [5.41, 5.74) is 2.94. The monoisotopic (exact) mass is 292 g/mol. The first-order valence-electron chi connectivity index (χ1n) is 8.13. The number of fused-ring (bicyclic) bond motifs is 1. The van der Waals surface area contributed by atoms with E-state index in [2.05, 4.69) is 69.3 Å². The van der Waals surface area contributed by atoms with Gasteiger partial charge < -0.3 is 4.79 Å². The summed E-state index contributed by atoms with van der Waals surface area (Å²) in [4.78, 5) is 10.8. The van der Waals surface area contributed by atoms with Crippen molar-refractivity contribution in [2.75, 3.05) is 0 Å². The molecule has 2 atom stereocenters. The fraction of sp³-hybridized carbons (Fsp3) is 0.381. The molecule has 0 aliphatic heterocycles. The van der Waals surface area contributed by atoms with Crippen molar-refractivity contribution in [2.45, 2.75) is 33.6 Å². The highest BCUT2D eigenvalue weighted by Crippen LogP contribution is 2.55. The number of aldehydes is 1. The molecule has 2 aromatic rings. The fourth-order valence-corrected chi connectivity index (χ4v) is 3.97. The van der Waals surface area contributed by atoms with E-state index in [4.69, 9.17) is 0 Å². The molecule has 1 aliphatic rings. The highest BCUT2D eigenvalue weighted by Gasteiger charge is 2.47. The van der Waals surface area contributed by atoms with Crippen LogP contribution in [0, 0.1) is 17.3 Å². The number of rotatable bonds is 4. The minimum atomic E-state index is 0.234. The minimum absolute atomic E-state index is 0.234. The Kier molecular flexibility index (Phi) is 3.90. The van der Waals surface area contributed by atoms with E-state index >= 15 is 0 Å². The third-order valence-corrected chi connectivity index (χ3v) is 5.57. The van der Waals surface area contributed by atoms with E-state index in [9.17, 15) is 4.79 Å². The summed E-state index contributed by atoms with van der Waals surface area (Å²) < 4.78 is 0. The SMILES string of the molecule is C/C(=C\c1ccc2ccccc2c1)[C@H]1C[C@@H](CC=O)C1(C)C. The van der Waals surface area contributed by atoms with Crippen LogP contribution in [0.15, 0.2) is 48.0 Å². The average Bonchev–Trinajstić information content (AvgIpc) is 2.50. The first kappa shape index (κ1) is 15.0. The van der Waals surface area contributed by atoms with Gasteiger partial charge in [-0.15, -0.1) is 0 Å². The lowest BCUT2D eigenvalue weighted by Gasteiger charge is -2.52. The largest absolute Gasteiger partial charge is 0.303 e. The maximum Gasteiger partial charge on any atom is 0.120 e. The van der Waals surface area contributed by atoms with Crippen LogP contribution >= 0.6 is 0 Å². The van der Waals surface area contributed by atoms with Crippen molar-refractivity contribution in [3.8, 4) is 0 Å². The molecule has 0 N–H and O–H groups in total. The lowest BCUT2D eigenvalue weighted by molar-refractivity contribution is -0.112. The second-order valence-corrected chi connectivity index (χ2v) is 7.20. The number of carbonyl (C=O) groups is 1. The molecule has 2 aromatic carbocycles. The summed E-state index contributed by atoms with van der Waals surface area (Å²) in [6.45, 7) is 6.83. The van der Waals surface area contributed by atoms with Crippen LogP contribution in [0.1, 0.15) is 39.2 Å². The molecule has 1 heteroatoms. The van der Waals surface area contributed by atoms with Crippen LogP contribution in [0.3, 0.4) is 0 Å². The van der Waals surface area contributed by atoms with E-state index in [-0.39, 0.29) is 5.41 Å². The van der Waals surface area contributed by atoms with Crippen LogP contribution in [0.2, 0.25) is 0 Å². The van der Waals surface area contributed by atoms with Gasteiger partial charge >= 0.3 is 0 Å². The van der Waals surface area contributed by atoms with Gasteiger partial charge in [0.1, 0.15) is 6.29 Å². The molecule has 1 saturated carbocycles. The van der Waals surface area contributed by atoms with Gasteiger partial charge in [0.15, 0.2) is 0 Å². The van der Waals surface area contributed by atoms with E-state index in [0.717, 1.165) is 12.7 Å². The van der Waals surface area contributed by atoms with E-state index in [0.29, 0.717) is 18.3 Å². The van der Waals surface area contributed by atoms with Crippen LogP contribution in [0.25, 0.3) is 16.8 Å². The predicted molar refractivity (Wildman–Crippen MR) is 93.7 cm³/mol. The van der Waals surface area contributed by atoms with Gasteiger partial charge in [-0.25, -0.2) is 0 Å². The van der Waals surface area contributed by atoms with E-state index in [1.165, 1.54) is 21.9 Å². The summed E-state index contributed by atoms with van der Waals surface area (Å²) in [5, 5.41) is 2.57. The highest BCUT2D eigenvalue weighted by molar-refractivity contribution is 5.84. The molecule has 0 amide bonds. The summed E-state index contributed by atoms with van der Waals surface area (Å²) >= 11 is 0. The number of benzene rings is 2. The predicted octanol–water partition coefficient (Wildman–Crippen LogP) is 5.49. The lowest BCUT2D eigenvalue weighted by atomic mass is 9.52. The molecule has 1 fully saturated rings. The summed E-state index contributed by atoms with van der Waals surface area (Å²) in [6, 6.07) is 15.1. The van der Waals surface area contributed by atoms with Gasteiger partial charge in [0, 0.05) is 6.42 Å². The zero-order valence-electron chi connectivity index (χ0n) is 13.7. The Bertz CT molecular complexity index is 724. The Morgan fingerprint density at radius 1 is 1.18 bits per heavy atom. The van der Waals surface area contributed by atoms with Crippen LogP contribution in [-0.4, -0.2) is 6.29 Å². The van der Waals surface area contributed by atoms with Crippen LogP contribution in [0.5, 0.6) is 0 Å². The first-order valence-corrected chi connectivity index (χ1v) is 8.13. The Morgan fingerprint density at radius 2 is 1.91 bits per heavy atom. The molecule has 114 valence electrons. The standard InChI is InChI=1S/C21H24O/c1-15(20-14-19(10-11-22)21(20,2)3)12-16-8-9-17-6-4-5-7-18(17)13-16/h4-9,11-13,19-20H,10,14H2,1-3H3/b15-12+/t19-,20-/m1/s1. The number of allylic oxidation sites excluding steroid dienone is 1. The normalized spacial score (nSPS) is 24.0. The third-order valence-electron chi connectivity index (χ3n) is 5.57. The molecule has 0 heterocycles. The molecule has 0 saturated heterocycles. The molecule has 0 aromatic heterocycles. The summed E-state index contributed by atoms with van der Waals surface area (Å²) in [5.74, 6) is 1.12. The van der Waals surface area contributed by atoms with Crippen molar-refractivity contribution < 1.29 is 4.79 Å². The van der Waals surface area contributed by atoms with Crippen molar-refractivity contribution in [3.63, 3.8) is 0 Å². The number of hydrogen-bond donors (Lipinski definition) is 0. The van der Waals surface area contributed by atoms with Gasteiger partial charge in [0.2, 0.25) is 0 Å². The second-order valence-electron chi connectivity index (χ2n) is 7.20. The Morgan fingerprint density at radius 3 is 2.59 bits per heavy atom. The molecule has 0 radical (unpaired) electrons. The third kappa shape index (κ3) is 2.61. The Hall–Kier alpha value is -1.89. The highest BCUT2D eigenvalue weighted by atomic mass is 16.1. The topological polar surface area (TPSA) is 17.1 Å². The van der Waals surface area contributed by atoms with Crippen molar-refractivity contribution in [3.05, 3.63) is 53.6 Å². The molecule has 3 rings (SSSR count). The zero-order chi connectivity index (χ0) is 15.7. The van der Waals surface area contributed by atoms with Gasteiger partial charge in [-0.3, -0.25) is 0 Å². The van der Waals surface area contributed by atoms with Gasteiger partial charge in [0.05, 0.1) is 0 Å². The molecular weight excluding hydrogens is 268 g/mol. The van der Waals surface area contributed by atoms with Crippen molar-refractivity contribution in [1.82, 2.24) is 0 Å². The molecule has 1 nitrogen and oxygen atoms in total. The summed E-state index contributed by atoms with van der Waals surface area (Å²) in [7, 11) is 0. The molecule has 0 bridgehead atoms. The van der Waals surface area contributed by atoms with E-state index in [1.807, 2.05) is 0 Å². The van der Waals surface area contributed by atoms with Gasteiger partial charge in [-0.1, -0.05) is 61.9 Å². The first-order chi connectivity index (χ1) is 10.5. The van der Waals surface area contributed by atoms with E-state index < -0.39 is 0 Å². The van der Waals surface area contributed by atoms with E-state index in [1.54, 1.807) is 0 Å². The van der Waals surface area contributed by atoms with Crippen LogP contribution in [-0.2, 0) is 4.79 Å². The molecule has 1 aliphatic carbocycles. The second kappa shape index (κ2) is 5.72. The van der Waals surface area contributed by atoms with Gasteiger partial charge in [-0.05, 0) is 53.0 Å². The van der Waals surface area contributed by atoms with Crippen molar-refractivity contribution in [1.29, 1.82) is 0 Å². The zero-order valence-corrected chi connectivity index (χ0v) is 13.7. The van der Waals surface area contributed by atoms with Crippen LogP contribution in [0.4, 0.5) is 0 Å². The van der Waals surface area contributed by atoms with Crippen LogP contribution < -0.4 is 0 Å². The molecule has 0 spiro atoms.